The molecule has 0 bridgehead atoms. The number of piperazine rings is 1. The number of hydrogen-bond acceptors (Lipinski definition) is 4. The summed E-state index contributed by atoms with van der Waals surface area (Å²) in [5.41, 5.74) is 2.17. The quantitative estimate of drug-likeness (QED) is 0.877. The van der Waals surface area contributed by atoms with Crippen LogP contribution in [0.4, 0.5) is 11.4 Å². The predicted octanol–water partition coefficient (Wildman–Crippen LogP) is 2.37. The zero-order valence-corrected chi connectivity index (χ0v) is 13.3. The van der Waals surface area contributed by atoms with Crippen molar-refractivity contribution in [3.05, 3.63) is 61.1 Å². The van der Waals surface area contributed by atoms with Gasteiger partial charge in [0, 0.05) is 26.2 Å². The summed E-state index contributed by atoms with van der Waals surface area (Å²) in [6.07, 6.45) is 4.23. The summed E-state index contributed by atoms with van der Waals surface area (Å²) >= 11 is 0. The van der Waals surface area contributed by atoms with Gasteiger partial charge in [-0.3, -0.25) is 9.59 Å². The van der Waals surface area contributed by atoms with E-state index in [4.69, 9.17) is 4.42 Å². The Morgan fingerprint density at radius 3 is 2.54 bits per heavy atom. The summed E-state index contributed by atoms with van der Waals surface area (Å²) in [5, 5.41) is 2.92. The monoisotopic (exact) mass is 325 g/mol. The van der Waals surface area contributed by atoms with E-state index in [0.29, 0.717) is 31.7 Å². The molecule has 1 aromatic heterocycles. The van der Waals surface area contributed by atoms with Crippen molar-refractivity contribution in [1.82, 2.24) is 4.90 Å². The maximum Gasteiger partial charge on any atom is 0.258 e. The van der Waals surface area contributed by atoms with E-state index < -0.39 is 0 Å². The van der Waals surface area contributed by atoms with Crippen LogP contribution in [0.2, 0.25) is 0 Å². The smallest absolute Gasteiger partial charge is 0.258 e. The molecule has 6 heteroatoms. The normalized spacial score (nSPS) is 14.3. The van der Waals surface area contributed by atoms with Crippen LogP contribution in [0.3, 0.4) is 0 Å². The van der Waals surface area contributed by atoms with Crippen molar-refractivity contribution in [2.24, 2.45) is 0 Å². The van der Waals surface area contributed by atoms with Crippen molar-refractivity contribution in [3.63, 3.8) is 0 Å². The Kier molecular flexibility index (Phi) is 4.65. The molecule has 2 aromatic rings. The molecule has 0 spiro atoms. The topological polar surface area (TPSA) is 65.8 Å². The van der Waals surface area contributed by atoms with E-state index in [1.54, 1.807) is 11.0 Å². The van der Waals surface area contributed by atoms with E-state index in [1.165, 1.54) is 18.6 Å². The molecule has 2 amide bonds. The lowest BCUT2D eigenvalue weighted by Crippen LogP contribution is -2.48. The van der Waals surface area contributed by atoms with E-state index in [0.717, 1.165) is 11.4 Å². The summed E-state index contributed by atoms with van der Waals surface area (Å²) in [6.45, 7) is 6.20. The molecule has 0 atom stereocenters. The van der Waals surface area contributed by atoms with Gasteiger partial charge < -0.3 is 19.5 Å². The van der Waals surface area contributed by atoms with Crippen LogP contribution >= 0.6 is 0 Å². The number of amides is 2. The SMILES string of the molecule is C=CC(=O)N1CCN(c2ccccc2NC(=O)c2ccoc2)CC1. The number of para-hydroxylation sites is 2. The van der Waals surface area contributed by atoms with E-state index in [9.17, 15) is 9.59 Å². The van der Waals surface area contributed by atoms with Gasteiger partial charge in [0.05, 0.1) is 23.2 Å². The minimum Gasteiger partial charge on any atom is -0.472 e. The molecule has 124 valence electrons. The second-order valence-electron chi connectivity index (χ2n) is 5.50. The molecule has 0 saturated carbocycles. The molecule has 1 aromatic carbocycles. The number of carbonyl (C=O) groups is 2. The van der Waals surface area contributed by atoms with Crippen molar-refractivity contribution >= 4 is 23.2 Å². The lowest BCUT2D eigenvalue weighted by molar-refractivity contribution is -0.126. The first-order chi connectivity index (χ1) is 11.7. The fraction of sp³-hybridized carbons (Fsp3) is 0.222. The van der Waals surface area contributed by atoms with Crippen LogP contribution in [0.5, 0.6) is 0 Å². The summed E-state index contributed by atoms with van der Waals surface area (Å²) in [5.74, 6) is -0.257. The molecular formula is C18H19N3O3. The molecule has 1 fully saturated rings. The van der Waals surface area contributed by atoms with E-state index in [-0.39, 0.29) is 11.8 Å². The molecule has 0 aliphatic carbocycles. The zero-order valence-electron chi connectivity index (χ0n) is 13.3. The first-order valence-corrected chi connectivity index (χ1v) is 7.78. The van der Waals surface area contributed by atoms with Crippen molar-refractivity contribution in [2.75, 3.05) is 36.4 Å². The minimum atomic E-state index is -0.211. The molecule has 1 N–H and O–H groups in total. The highest BCUT2D eigenvalue weighted by Crippen LogP contribution is 2.27. The first-order valence-electron chi connectivity index (χ1n) is 7.78. The third-order valence-corrected chi connectivity index (χ3v) is 4.04. The highest BCUT2D eigenvalue weighted by molar-refractivity contribution is 6.05. The van der Waals surface area contributed by atoms with E-state index >= 15 is 0 Å². The first kappa shape index (κ1) is 15.9. The average molecular weight is 325 g/mol. The number of nitrogens with one attached hydrogen (secondary N) is 1. The van der Waals surface area contributed by atoms with Crippen LogP contribution < -0.4 is 10.2 Å². The average Bonchev–Trinajstić information content (AvgIpc) is 3.16. The minimum absolute atomic E-state index is 0.0452. The van der Waals surface area contributed by atoms with Crippen LogP contribution in [0.1, 0.15) is 10.4 Å². The van der Waals surface area contributed by atoms with Gasteiger partial charge in [-0.05, 0) is 24.3 Å². The van der Waals surface area contributed by atoms with Crippen molar-refractivity contribution in [2.45, 2.75) is 0 Å². The Morgan fingerprint density at radius 1 is 1.12 bits per heavy atom. The number of carbonyl (C=O) groups excluding carboxylic acids is 2. The number of rotatable bonds is 4. The molecule has 1 saturated heterocycles. The molecule has 0 radical (unpaired) electrons. The van der Waals surface area contributed by atoms with Gasteiger partial charge in [0.1, 0.15) is 6.26 Å². The van der Waals surface area contributed by atoms with Crippen molar-refractivity contribution < 1.29 is 14.0 Å². The van der Waals surface area contributed by atoms with Crippen LogP contribution in [-0.4, -0.2) is 42.9 Å². The molecule has 1 aliphatic rings. The molecule has 1 aliphatic heterocycles. The van der Waals surface area contributed by atoms with Gasteiger partial charge in [-0.2, -0.15) is 0 Å². The number of nitrogens with zero attached hydrogens (tertiary/aromatic N) is 2. The van der Waals surface area contributed by atoms with Gasteiger partial charge >= 0.3 is 0 Å². The zero-order chi connectivity index (χ0) is 16.9. The van der Waals surface area contributed by atoms with Crippen LogP contribution in [0, 0.1) is 0 Å². The van der Waals surface area contributed by atoms with E-state index in [2.05, 4.69) is 16.8 Å². The lowest BCUT2D eigenvalue weighted by atomic mass is 10.2. The molecule has 6 nitrogen and oxygen atoms in total. The standard InChI is InChI=1S/C18H19N3O3/c1-2-17(22)21-10-8-20(9-11-21)16-6-4-3-5-15(16)19-18(23)14-7-12-24-13-14/h2-7,12-13H,1,8-11H2,(H,19,23). The predicted molar refractivity (Wildman–Crippen MR) is 92.1 cm³/mol. The summed E-state index contributed by atoms with van der Waals surface area (Å²) in [6, 6.07) is 9.28. The van der Waals surface area contributed by atoms with Crippen molar-refractivity contribution in [1.29, 1.82) is 0 Å². The molecule has 24 heavy (non-hydrogen) atoms. The largest absolute Gasteiger partial charge is 0.472 e. The third-order valence-electron chi connectivity index (χ3n) is 4.04. The molecule has 2 heterocycles. The fourth-order valence-corrected chi connectivity index (χ4v) is 2.74. The van der Waals surface area contributed by atoms with Crippen molar-refractivity contribution in [3.8, 4) is 0 Å². The van der Waals surface area contributed by atoms with Crippen LogP contribution in [0.15, 0.2) is 59.9 Å². The van der Waals surface area contributed by atoms with Crippen LogP contribution in [-0.2, 0) is 4.79 Å². The number of benzene rings is 1. The molecular weight excluding hydrogens is 306 g/mol. The van der Waals surface area contributed by atoms with Gasteiger partial charge in [0.25, 0.3) is 5.91 Å². The van der Waals surface area contributed by atoms with Gasteiger partial charge in [-0.1, -0.05) is 18.7 Å². The second-order valence-corrected chi connectivity index (χ2v) is 5.50. The summed E-state index contributed by atoms with van der Waals surface area (Å²) in [7, 11) is 0. The Hall–Kier alpha value is -3.02. The Labute approximate surface area is 140 Å². The number of anilines is 2. The Morgan fingerprint density at radius 2 is 1.88 bits per heavy atom. The van der Waals surface area contributed by atoms with Crippen LogP contribution in [0.25, 0.3) is 0 Å². The van der Waals surface area contributed by atoms with Gasteiger partial charge in [-0.15, -0.1) is 0 Å². The third kappa shape index (κ3) is 3.32. The summed E-state index contributed by atoms with van der Waals surface area (Å²) in [4.78, 5) is 27.9. The Bertz CT molecular complexity index is 732. The molecule has 3 rings (SSSR count). The summed E-state index contributed by atoms with van der Waals surface area (Å²) < 4.78 is 4.95. The van der Waals surface area contributed by atoms with Gasteiger partial charge in [-0.25, -0.2) is 0 Å². The highest BCUT2D eigenvalue weighted by atomic mass is 16.3. The van der Waals surface area contributed by atoms with E-state index in [1.807, 2.05) is 24.3 Å². The fourth-order valence-electron chi connectivity index (χ4n) is 2.74. The number of furan rings is 1. The number of hydrogen-bond donors (Lipinski definition) is 1. The maximum absolute atomic E-state index is 12.2. The maximum atomic E-state index is 12.2. The molecule has 0 unspecified atom stereocenters. The van der Waals surface area contributed by atoms with Gasteiger partial charge in [0.15, 0.2) is 0 Å². The lowest BCUT2D eigenvalue weighted by Gasteiger charge is -2.36. The highest BCUT2D eigenvalue weighted by Gasteiger charge is 2.21. The second kappa shape index (κ2) is 7.04. The Balaban J connectivity index is 1.72. The van der Waals surface area contributed by atoms with Gasteiger partial charge in [0.2, 0.25) is 5.91 Å².